The Bertz CT molecular complexity index is 447. The van der Waals surface area contributed by atoms with E-state index in [0.29, 0.717) is 6.54 Å². The molecule has 0 radical (unpaired) electrons. The molecule has 1 heterocycles. The summed E-state index contributed by atoms with van der Waals surface area (Å²) in [6.45, 7) is 0.438. The van der Waals surface area contributed by atoms with Gasteiger partial charge in [-0.25, -0.2) is 9.37 Å². The summed E-state index contributed by atoms with van der Waals surface area (Å²) in [6.07, 6.45) is 1.51. The molecular weight excluding hydrogens is 245 g/mol. The largest absolute Gasteiger partial charge is 0.329 e. The van der Waals surface area contributed by atoms with Crippen molar-refractivity contribution in [1.29, 1.82) is 0 Å². The van der Waals surface area contributed by atoms with Crippen molar-refractivity contribution in [1.82, 2.24) is 9.36 Å². The Morgan fingerprint density at radius 1 is 1.50 bits per heavy atom. The molecule has 6 heteroatoms. The Morgan fingerprint density at radius 3 is 3.00 bits per heavy atom. The van der Waals surface area contributed by atoms with Gasteiger partial charge in [0.15, 0.2) is 4.34 Å². The Morgan fingerprint density at radius 2 is 2.38 bits per heavy atom. The van der Waals surface area contributed by atoms with E-state index in [1.54, 1.807) is 6.07 Å². The van der Waals surface area contributed by atoms with E-state index in [1.807, 2.05) is 6.07 Å². The molecule has 0 aliphatic heterocycles. The van der Waals surface area contributed by atoms with Crippen LogP contribution in [0.4, 0.5) is 4.39 Å². The molecule has 1 aromatic carbocycles. The normalized spacial score (nSPS) is 12.6. The molecule has 1 aromatic heterocycles. The molecule has 2 aromatic rings. The van der Waals surface area contributed by atoms with E-state index in [4.69, 9.17) is 5.73 Å². The summed E-state index contributed by atoms with van der Waals surface area (Å²) in [4.78, 5) is 4.07. The van der Waals surface area contributed by atoms with Crippen LogP contribution < -0.4 is 5.73 Å². The Hall–Kier alpha value is -0.980. The lowest BCUT2D eigenvalue weighted by molar-refractivity contribution is 0.625. The van der Waals surface area contributed by atoms with Gasteiger partial charge in [-0.15, -0.1) is 0 Å². The monoisotopic (exact) mass is 255 g/mol. The van der Waals surface area contributed by atoms with Gasteiger partial charge in [-0.2, -0.15) is 4.37 Å². The number of halogens is 1. The number of benzene rings is 1. The smallest absolute Gasteiger partial charge is 0.170 e. The zero-order valence-electron chi connectivity index (χ0n) is 8.34. The molecule has 16 heavy (non-hydrogen) atoms. The number of hydrogen-bond donors (Lipinski definition) is 1. The fraction of sp³-hybridized carbons (Fsp3) is 0.200. The highest BCUT2D eigenvalue weighted by Crippen LogP contribution is 2.34. The van der Waals surface area contributed by atoms with Crippen molar-refractivity contribution in [2.45, 2.75) is 9.59 Å². The van der Waals surface area contributed by atoms with Gasteiger partial charge in [-0.1, -0.05) is 23.9 Å². The average Bonchev–Trinajstić information content (AvgIpc) is 2.78. The van der Waals surface area contributed by atoms with Crippen LogP contribution in [0.2, 0.25) is 0 Å². The van der Waals surface area contributed by atoms with Gasteiger partial charge in [0.1, 0.15) is 12.1 Å². The van der Waals surface area contributed by atoms with Crippen LogP contribution in [0, 0.1) is 5.82 Å². The number of thioether (sulfide) groups is 1. The minimum Gasteiger partial charge on any atom is -0.329 e. The number of rotatable bonds is 4. The van der Waals surface area contributed by atoms with E-state index in [-0.39, 0.29) is 11.1 Å². The van der Waals surface area contributed by atoms with Gasteiger partial charge in [-0.3, -0.25) is 0 Å². The molecule has 3 nitrogen and oxygen atoms in total. The highest BCUT2D eigenvalue weighted by molar-refractivity contribution is 8.01. The molecule has 0 saturated heterocycles. The summed E-state index contributed by atoms with van der Waals surface area (Å²) in [5.41, 5.74) is 6.56. The van der Waals surface area contributed by atoms with Crippen molar-refractivity contribution >= 4 is 23.3 Å². The number of aromatic nitrogens is 2. The first-order chi connectivity index (χ1) is 7.79. The average molecular weight is 255 g/mol. The Balaban J connectivity index is 2.16. The van der Waals surface area contributed by atoms with Crippen LogP contribution in [0.5, 0.6) is 0 Å². The van der Waals surface area contributed by atoms with Crippen LogP contribution in [0.15, 0.2) is 34.9 Å². The van der Waals surface area contributed by atoms with Crippen molar-refractivity contribution in [3.05, 3.63) is 42.0 Å². The van der Waals surface area contributed by atoms with E-state index >= 15 is 0 Å². The van der Waals surface area contributed by atoms with E-state index in [0.717, 1.165) is 9.90 Å². The number of nitrogens with zero attached hydrogens (tertiary/aromatic N) is 2. The van der Waals surface area contributed by atoms with Crippen LogP contribution in [0.3, 0.4) is 0 Å². The molecule has 1 atom stereocenters. The van der Waals surface area contributed by atoms with E-state index in [9.17, 15) is 4.39 Å². The van der Waals surface area contributed by atoms with Gasteiger partial charge in [0.05, 0.1) is 0 Å². The maximum Gasteiger partial charge on any atom is 0.170 e. The van der Waals surface area contributed by atoms with Gasteiger partial charge < -0.3 is 5.73 Å². The minimum atomic E-state index is -0.242. The van der Waals surface area contributed by atoms with E-state index in [2.05, 4.69) is 9.36 Å². The lowest BCUT2D eigenvalue weighted by Crippen LogP contribution is -2.09. The van der Waals surface area contributed by atoms with Crippen LogP contribution >= 0.6 is 23.3 Å². The minimum absolute atomic E-state index is 0.0173. The quantitative estimate of drug-likeness (QED) is 0.853. The molecule has 0 aliphatic carbocycles. The van der Waals surface area contributed by atoms with E-state index in [1.165, 1.54) is 41.8 Å². The van der Waals surface area contributed by atoms with Gasteiger partial charge in [0.25, 0.3) is 0 Å². The lowest BCUT2D eigenvalue weighted by Gasteiger charge is -2.12. The van der Waals surface area contributed by atoms with Crippen LogP contribution in [0.25, 0.3) is 0 Å². The second kappa shape index (κ2) is 5.38. The fourth-order valence-corrected chi connectivity index (χ4v) is 2.95. The number of hydrogen-bond acceptors (Lipinski definition) is 5. The first kappa shape index (κ1) is 11.5. The van der Waals surface area contributed by atoms with Crippen molar-refractivity contribution in [2.24, 2.45) is 5.73 Å². The van der Waals surface area contributed by atoms with E-state index < -0.39 is 0 Å². The lowest BCUT2D eigenvalue weighted by atomic mass is 10.1. The van der Waals surface area contributed by atoms with Crippen LogP contribution in [-0.2, 0) is 0 Å². The highest BCUT2D eigenvalue weighted by atomic mass is 32.2. The van der Waals surface area contributed by atoms with Crippen molar-refractivity contribution in [3.8, 4) is 0 Å². The molecule has 0 bridgehead atoms. The SMILES string of the molecule is NCC(Sc1ncns1)c1cccc(F)c1. The molecule has 0 fully saturated rings. The summed E-state index contributed by atoms with van der Waals surface area (Å²) in [5.74, 6) is -0.242. The van der Waals surface area contributed by atoms with Crippen LogP contribution in [-0.4, -0.2) is 15.9 Å². The molecule has 0 aliphatic rings. The third-order valence-electron chi connectivity index (χ3n) is 2.02. The standard InChI is InChI=1S/C10H10FN3S2/c11-8-3-1-2-7(4-8)9(5-12)15-10-13-6-14-16-10/h1-4,6,9H,5,12H2. The predicted molar refractivity (Wildman–Crippen MR) is 64.0 cm³/mol. The molecular formula is C10H10FN3S2. The summed E-state index contributed by atoms with van der Waals surface area (Å²) in [6, 6.07) is 6.49. The topological polar surface area (TPSA) is 51.8 Å². The summed E-state index contributed by atoms with van der Waals surface area (Å²) >= 11 is 2.83. The third-order valence-corrected chi connectivity index (χ3v) is 4.05. The Labute approximate surface area is 101 Å². The molecule has 84 valence electrons. The Kier molecular flexibility index (Phi) is 3.87. The summed E-state index contributed by atoms with van der Waals surface area (Å²) < 4.78 is 17.8. The number of nitrogens with two attached hydrogens (primary N) is 1. The molecule has 0 saturated carbocycles. The first-order valence-electron chi connectivity index (χ1n) is 4.68. The van der Waals surface area contributed by atoms with Crippen molar-refractivity contribution in [2.75, 3.05) is 6.54 Å². The van der Waals surface area contributed by atoms with Crippen molar-refractivity contribution < 1.29 is 4.39 Å². The highest BCUT2D eigenvalue weighted by Gasteiger charge is 2.13. The van der Waals surface area contributed by atoms with Crippen molar-refractivity contribution in [3.63, 3.8) is 0 Å². The van der Waals surface area contributed by atoms with Gasteiger partial charge in [0.2, 0.25) is 0 Å². The maximum atomic E-state index is 13.1. The molecule has 0 spiro atoms. The second-order valence-corrected chi connectivity index (χ2v) is 5.33. The first-order valence-corrected chi connectivity index (χ1v) is 6.34. The third kappa shape index (κ3) is 2.78. The van der Waals surface area contributed by atoms with Gasteiger partial charge >= 0.3 is 0 Å². The molecule has 2 rings (SSSR count). The second-order valence-electron chi connectivity index (χ2n) is 3.10. The fourth-order valence-electron chi connectivity index (χ4n) is 1.30. The molecule has 1 unspecified atom stereocenters. The summed E-state index contributed by atoms with van der Waals surface area (Å²) in [7, 11) is 0. The zero-order valence-corrected chi connectivity index (χ0v) is 9.97. The predicted octanol–water partition coefficient (Wildman–Crippen LogP) is 2.47. The molecule has 2 N–H and O–H groups in total. The maximum absolute atomic E-state index is 13.1. The van der Waals surface area contributed by atoms with Crippen LogP contribution in [0.1, 0.15) is 10.8 Å². The van der Waals surface area contributed by atoms with Gasteiger partial charge in [-0.05, 0) is 29.2 Å². The zero-order chi connectivity index (χ0) is 11.4. The van der Waals surface area contributed by atoms with Gasteiger partial charge in [0, 0.05) is 11.8 Å². The summed E-state index contributed by atoms with van der Waals surface area (Å²) in [5, 5.41) is 0.0173. The molecule has 0 amide bonds.